The van der Waals surface area contributed by atoms with Gasteiger partial charge >= 0.3 is 0 Å². The van der Waals surface area contributed by atoms with Crippen molar-refractivity contribution in [2.24, 2.45) is 5.73 Å². The van der Waals surface area contributed by atoms with E-state index in [4.69, 9.17) is 10.8 Å². The monoisotopic (exact) mass is 198 g/mol. The van der Waals surface area contributed by atoms with Crippen molar-refractivity contribution in [2.45, 2.75) is 26.0 Å². The molecular formula is C10H18N2O2. The molecule has 0 bridgehead atoms. The summed E-state index contributed by atoms with van der Waals surface area (Å²) in [4.78, 5) is 11.1. The highest BCUT2D eigenvalue weighted by Crippen LogP contribution is 1.86. The fourth-order valence-corrected chi connectivity index (χ4v) is 0.702. The molecule has 14 heavy (non-hydrogen) atoms. The van der Waals surface area contributed by atoms with Crippen LogP contribution in [0.1, 0.15) is 13.8 Å². The molecule has 0 spiro atoms. The second kappa shape index (κ2) is 7.29. The third kappa shape index (κ3) is 6.39. The molecule has 0 aromatic rings. The fraction of sp³-hybridized carbons (Fsp3) is 0.500. The van der Waals surface area contributed by atoms with Crippen LogP contribution in [-0.4, -0.2) is 29.7 Å². The Labute approximate surface area is 84.5 Å². The lowest BCUT2D eigenvalue weighted by atomic mass is 10.2. The number of carbonyl (C=O) groups is 1. The molecule has 4 heteroatoms. The maximum absolute atomic E-state index is 11.1. The quantitative estimate of drug-likeness (QED) is 0.428. The molecule has 0 aliphatic heterocycles. The van der Waals surface area contributed by atoms with Crippen LogP contribution >= 0.6 is 0 Å². The van der Waals surface area contributed by atoms with E-state index in [2.05, 4.69) is 5.32 Å². The lowest BCUT2D eigenvalue weighted by Crippen LogP contribution is -2.43. The minimum absolute atomic E-state index is 0.209. The molecule has 1 amide bonds. The first-order valence-electron chi connectivity index (χ1n) is 4.58. The zero-order valence-corrected chi connectivity index (χ0v) is 8.60. The highest BCUT2D eigenvalue weighted by Gasteiger charge is 2.08. The van der Waals surface area contributed by atoms with Gasteiger partial charge in [0.2, 0.25) is 5.91 Å². The molecule has 4 N–H and O–H groups in total. The highest BCUT2D eigenvalue weighted by molar-refractivity contribution is 5.87. The van der Waals surface area contributed by atoms with E-state index in [0.29, 0.717) is 0 Å². The summed E-state index contributed by atoms with van der Waals surface area (Å²) in [7, 11) is 0. The maximum atomic E-state index is 11.1. The van der Waals surface area contributed by atoms with Gasteiger partial charge in [-0.1, -0.05) is 18.2 Å². The van der Waals surface area contributed by atoms with Crippen molar-refractivity contribution in [3.05, 3.63) is 24.3 Å². The van der Waals surface area contributed by atoms with Gasteiger partial charge in [0.1, 0.15) is 0 Å². The Kier molecular flexibility index (Phi) is 6.70. The van der Waals surface area contributed by atoms with Crippen LogP contribution in [0.4, 0.5) is 0 Å². The summed E-state index contributed by atoms with van der Waals surface area (Å²) in [6.45, 7) is 3.73. The molecule has 0 fully saturated rings. The van der Waals surface area contributed by atoms with Gasteiger partial charge in [0.15, 0.2) is 0 Å². The van der Waals surface area contributed by atoms with Crippen LogP contribution < -0.4 is 11.1 Å². The summed E-state index contributed by atoms with van der Waals surface area (Å²) < 4.78 is 0. The van der Waals surface area contributed by atoms with E-state index in [9.17, 15) is 4.79 Å². The SMILES string of the molecule is CC=CC=CC(=O)NCC(N)C(C)O. The standard InChI is InChI=1S/C10H18N2O2/c1-3-4-5-6-10(14)12-7-9(11)8(2)13/h3-6,8-9,13H,7,11H2,1-2H3,(H,12,14). The van der Waals surface area contributed by atoms with Crippen molar-refractivity contribution >= 4 is 5.91 Å². The van der Waals surface area contributed by atoms with E-state index < -0.39 is 12.1 Å². The number of amides is 1. The molecule has 0 heterocycles. The second-order valence-electron chi connectivity index (χ2n) is 3.03. The van der Waals surface area contributed by atoms with Crippen molar-refractivity contribution in [3.8, 4) is 0 Å². The average molecular weight is 198 g/mol. The Morgan fingerprint density at radius 1 is 1.57 bits per heavy atom. The average Bonchev–Trinajstić information content (AvgIpc) is 2.14. The lowest BCUT2D eigenvalue weighted by molar-refractivity contribution is -0.116. The molecule has 0 aromatic heterocycles. The number of hydrogen-bond acceptors (Lipinski definition) is 3. The number of allylic oxidation sites excluding steroid dienone is 3. The Morgan fingerprint density at radius 2 is 2.21 bits per heavy atom. The van der Waals surface area contributed by atoms with Crippen LogP contribution in [0.15, 0.2) is 24.3 Å². The summed E-state index contributed by atoms with van der Waals surface area (Å²) in [5.41, 5.74) is 5.52. The normalized spacial score (nSPS) is 16.0. The summed E-state index contributed by atoms with van der Waals surface area (Å²) >= 11 is 0. The minimum atomic E-state index is -0.616. The van der Waals surface area contributed by atoms with Gasteiger partial charge in [-0.05, 0) is 13.8 Å². The molecule has 0 saturated carbocycles. The van der Waals surface area contributed by atoms with Crippen LogP contribution in [0.2, 0.25) is 0 Å². The topological polar surface area (TPSA) is 75.4 Å². The van der Waals surface area contributed by atoms with Gasteiger partial charge in [0, 0.05) is 18.7 Å². The van der Waals surface area contributed by atoms with E-state index in [0.717, 1.165) is 0 Å². The van der Waals surface area contributed by atoms with Gasteiger partial charge in [0.05, 0.1) is 6.10 Å². The van der Waals surface area contributed by atoms with Gasteiger partial charge in [0.25, 0.3) is 0 Å². The molecular weight excluding hydrogens is 180 g/mol. The molecule has 4 nitrogen and oxygen atoms in total. The van der Waals surface area contributed by atoms with E-state index >= 15 is 0 Å². The molecule has 0 radical (unpaired) electrons. The Morgan fingerprint density at radius 3 is 2.71 bits per heavy atom. The van der Waals surface area contributed by atoms with Gasteiger partial charge < -0.3 is 16.2 Å². The van der Waals surface area contributed by atoms with Crippen LogP contribution in [0.3, 0.4) is 0 Å². The van der Waals surface area contributed by atoms with Gasteiger partial charge in [-0.3, -0.25) is 4.79 Å². The van der Waals surface area contributed by atoms with Crippen molar-refractivity contribution in [2.75, 3.05) is 6.54 Å². The molecule has 0 aliphatic carbocycles. The fourth-order valence-electron chi connectivity index (χ4n) is 0.702. The van der Waals surface area contributed by atoms with Crippen molar-refractivity contribution in [1.29, 1.82) is 0 Å². The van der Waals surface area contributed by atoms with Crippen molar-refractivity contribution < 1.29 is 9.90 Å². The van der Waals surface area contributed by atoms with E-state index in [1.165, 1.54) is 6.08 Å². The summed E-state index contributed by atoms with van der Waals surface area (Å²) in [5.74, 6) is -0.209. The predicted octanol–water partition coefficient (Wildman–Crippen LogP) is -0.0570. The van der Waals surface area contributed by atoms with Crippen LogP contribution in [-0.2, 0) is 4.79 Å². The smallest absolute Gasteiger partial charge is 0.244 e. The van der Waals surface area contributed by atoms with Crippen LogP contribution in [0.5, 0.6) is 0 Å². The van der Waals surface area contributed by atoms with Crippen LogP contribution in [0, 0.1) is 0 Å². The maximum Gasteiger partial charge on any atom is 0.244 e. The number of nitrogens with two attached hydrogens (primary N) is 1. The summed E-state index contributed by atoms with van der Waals surface area (Å²) in [6.07, 6.45) is 6.02. The summed E-state index contributed by atoms with van der Waals surface area (Å²) in [6, 6.07) is -0.422. The molecule has 0 aliphatic rings. The predicted molar refractivity (Wildman–Crippen MR) is 56.6 cm³/mol. The molecule has 0 aromatic carbocycles. The number of hydrogen-bond donors (Lipinski definition) is 3. The molecule has 2 atom stereocenters. The second-order valence-corrected chi connectivity index (χ2v) is 3.03. The molecule has 0 saturated heterocycles. The number of nitrogens with one attached hydrogen (secondary N) is 1. The largest absolute Gasteiger partial charge is 0.392 e. The Hall–Kier alpha value is -1.13. The first kappa shape index (κ1) is 12.9. The van der Waals surface area contributed by atoms with Gasteiger partial charge in [-0.2, -0.15) is 0 Å². The van der Waals surface area contributed by atoms with E-state index in [1.54, 1.807) is 19.1 Å². The zero-order valence-electron chi connectivity index (χ0n) is 8.60. The van der Waals surface area contributed by atoms with Gasteiger partial charge in [-0.15, -0.1) is 0 Å². The third-order valence-corrected chi connectivity index (χ3v) is 1.68. The number of aliphatic hydroxyl groups is 1. The third-order valence-electron chi connectivity index (χ3n) is 1.68. The minimum Gasteiger partial charge on any atom is -0.392 e. The summed E-state index contributed by atoms with van der Waals surface area (Å²) in [5, 5.41) is 11.6. The Balaban J connectivity index is 3.74. The van der Waals surface area contributed by atoms with E-state index in [1.807, 2.05) is 13.0 Å². The Bertz CT molecular complexity index is 222. The zero-order chi connectivity index (χ0) is 11.0. The first-order chi connectivity index (χ1) is 6.57. The van der Waals surface area contributed by atoms with Crippen molar-refractivity contribution in [1.82, 2.24) is 5.32 Å². The molecule has 0 rings (SSSR count). The van der Waals surface area contributed by atoms with E-state index in [-0.39, 0.29) is 12.5 Å². The number of rotatable bonds is 5. The molecule has 2 unspecified atom stereocenters. The lowest BCUT2D eigenvalue weighted by Gasteiger charge is -2.14. The number of aliphatic hydroxyl groups excluding tert-OH is 1. The number of carbonyl (C=O) groups excluding carboxylic acids is 1. The van der Waals surface area contributed by atoms with Crippen molar-refractivity contribution in [3.63, 3.8) is 0 Å². The highest BCUT2D eigenvalue weighted by atomic mass is 16.3. The first-order valence-corrected chi connectivity index (χ1v) is 4.58. The van der Waals surface area contributed by atoms with Crippen LogP contribution in [0.25, 0.3) is 0 Å². The van der Waals surface area contributed by atoms with Gasteiger partial charge in [-0.25, -0.2) is 0 Å². The molecule has 80 valence electrons.